The summed E-state index contributed by atoms with van der Waals surface area (Å²) in [4.78, 5) is 28.7. The molecule has 3 rings (SSSR count). The maximum atomic E-state index is 12.5. The lowest BCUT2D eigenvalue weighted by Gasteiger charge is -2.34. The molecule has 0 bridgehead atoms. The first kappa shape index (κ1) is 19.9. The van der Waals surface area contributed by atoms with Crippen LogP contribution in [0.1, 0.15) is 22.3 Å². The fourth-order valence-corrected chi connectivity index (χ4v) is 3.24. The monoisotopic (exact) mass is 396 g/mol. The molecule has 144 valence electrons. The Morgan fingerprint density at radius 1 is 1.04 bits per heavy atom. The Balaban J connectivity index is 1.44. The quantitative estimate of drug-likeness (QED) is 0.842. The number of amides is 2. The number of anilines is 1. The summed E-state index contributed by atoms with van der Waals surface area (Å²) in [6, 6.07) is 15.9. The highest BCUT2D eigenvalue weighted by molar-refractivity contribution is 6.30. The molecular formula is C21H21ClN4O2. The molecule has 1 aliphatic rings. The highest BCUT2D eigenvalue weighted by atomic mass is 35.5. The van der Waals surface area contributed by atoms with Gasteiger partial charge in [-0.2, -0.15) is 5.26 Å². The third-order valence-corrected chi connectivity index (χ3v) is 4.98. The van der Waals surface area contributed by atoms with Gasteiger partial charge in [0.15, 0.2) is 0 Å². The maximum absolute atomic E-state index is 12.5. The Labute approximate surface area is 169 Å². The van der Waals surface area contributed by atoms with Crippen molar-refractivity contribution in [1.82, 2.24) is 9.80 Å². The van der Waals surface area contributed by atoms with E-state index in [4.69, 9.17) is 16.9 Å². The standard InChI is InChI=1S/C21H21ClN4O2/c22-18-7-5-16(6-8-18)21(28)26-13-11-25(12-14-26)10-9-20(27)24-19-4-2-1-3-17(19)15-23/h1-8H,9-14H2,(H,24,27). The van der Waals surface area contributed by atoms with Crippen LogP contribution in [0, 0.1) is 11.3 Å². The van der Waals surface area contributed by atoms with Crippen LogP contribution < -0.4 is 5.32 Å². The number of halogens is 1. The van der Waals surface area contributed by atoms with Crippen molar-refractivity contribution in [2.45, 2.75) is 6.42 Å². The van der Waals surface area contributed by atoms with Gasteiger partial charge in [-0.3, -0.25) is 14.5 Å². The Morgan fingerprint density at radius 3 is 2.39 bits per heavy atom. The molecule has 7 heteroatoms. The van der Waals surface area contributed by atoms with Crippen molar-refractivity contribution in [3.63, 3.8) is 0 Å². The van der Waals surface area contributed by atoms with Gasteiger partial charge in [0.2, 0.25) is 5.91 Å². The molecule has 0 atom stereocenters. The fraction of sp³-hybridized carbons (Fsp3) is 0.286. The Hall–Kier alpha value is -2.88. The Bertz CT molecular complexity index is 884. The van der Waals surface area contributed by atoms with Crippen molar-refractivity contribution in [3.05, 3.63) is 64.7 Å². The van der Waals surface area contributed by atoms with E-state index in [0.29, 0.717) is 47.9 Å². The zero-order chi connectivity index (χ0) is 19.9. The fourth-order valence-electron chi connectivity index (χ4n) is 3.11. The van der Waals surface area contributed by atoms with E-state index in [1.54, 1.807) is 48.5 Å². The second-order valence-electron chi connectivity index (χ2n) is 6.60. The zero-order valence-electron chi connectivity index (χ0n) is 15.4. The largest absolute Gasteiger partial charge is 0.336 e. The molecule has 0 aromatic heterocycles. The number of nitrogens with one attached hydrogen (secondary N) is 1. The third-order valence-electron chi connectivity index (χ3n) is 4.73. The van der Waals surface area contributed by atoms with E-state index < -0.39 is 0 Å². The van der Waals surface area contributed by atoms with Gasteiger partial charge >= 0.3 is 0 Å². The first-order valence-corrected chi connectivity index (χ1v) is 9.51. The second kappa shape index (κ2) is 9.36. The van der Waals surface area contributed by atoms with E-state index >= 15 is 0 Å². The number of nitrogens with zero attached hydrogens (tertiary/aromatic N) is 3. The predicted molar refractivity (Wildman–Crippen MR) is 108 cm³/mol. The minimum Gasteiger partial charge on any atom is -0.336 e. The average molecular weight is 397 g/mol. The molecule has 1 heterocycles. The molecule has 1 aliphatic heterocycles. The van der Waals surface area contributed by atoms with Crippen LogP contribution in [0.3, 0.4) is 0 Å². The van der Waals surface area contributed by atoms with Gasteiger partial charge in [0, 0.05) is 49.7 Å². The SMILES string of the molecule is N#Cc1ccccc1NC(=O)CCN1CCN(C(=O)c2ccc(Cl)cc2)CC1. The molecule has 2 aromatic carbocycles. The van der Waals surface area contributed by atoms with Crippen LogP contribution >= 0.6 is 11.6 Å². The van der Waals surface area contributed by atoms with E-state index in [1.807, 2.05) is 4.90 Å². The first-order valence-electron chi connectivity index (χ1n) is 9.13. The molecule has 28 heavy (non-hydrogen) atoms. The lowest BCUT2D eigenvalue weighted by atomic mass is 10.1. The summed E-state index contributed by atoms with van der Waals surface area (Å²) in [7, 11) is 0. The topological polar surface area (TPSA) is 76.4 Å². The van der Waals surface area contributed by atoms with Crippen LogP contribution in [0.5, 0.6) is 0 Å². The van der Waals surface area contributed by atoms with Crippen molar-refractivity contribution >= 4 is 29.1 Å². The minimum atomic E-state index is -0.123. The van der Waals surface area contributed by atoms with Gasteiger partial charge < -0.3 is 10.2 Å². The average Bonchev–Trinajstić information content (AvgIpc) is 2.73. The summed E-state index contributed by atoms with van der Waals surface area (Å²) in [5, 5.41) is 12.5. The number of hydrogen-bond acceptors (Lipinski definition) is 4. The summed E-state index contributed by atoms with van der Waals surface area (Å²) in [6.45, 7) is 3.31. The zero-order valence-corrected chi connectivity index (χ0v) is 16.2. The van der Waals surface area contributed by atoms with Gasteiger partial charge in [0.1, 0.15) is 6.07 Å². The molecule has 0 unspecified atom stereocenters. The molecule has 1 saturated heterocycles. The van der Waals surface area contributed by atoms with Crippen LogP contribution in [-0.4, -0.2) is 54.3 Å². The lowest BCUT2D eigenvalue weighted by Crippen LogP contribution is -2.49. The Morgan fingerprint density at radius 2 is 1.71 bits per heavy atom. The summed E-state index contributed by atoms with van der Waals surface area (Å²) >= 11 is 5.87. The number of nitriles is 1. The molecule has 0 aliphatic carbocycles. The summed E-state index contributed by atoms with van der Waals surface area (Å²) in [5.74, 6) is -0.121. The van der Waals surface area contributed by atoms with Crippen LogP contribution in [0.25, 0.3) is 0 Å². The second-order valence-corrected chi connectivity index (χ2v) is 7.03. The molecule has 0 radical (unpaired) electrons. The van der Waals surface area contributed by atoms with Gasteiger partial charge in [-0.05, 0) is 36.4 Å². The molecule has 0 spiro atoms. The molecule has 0 saturated carbocycles. The van der Waals surface area contributed by atoms with Crippen molar-refractivity contribution < 1.29 is 9.59 Å². The predicted octanol–water partition coefficient (Wildman–Crippen LogP) is 3.00. The Kier molecular flexibility index (Phi) is 6.64. The van der Waals surface area contributed by atoms with Crippen LogP contribution in [-0.2, 0) is 4.79 Å². The van der Waals surface area contributed by atoms with E-state index in [9.17, 15) is 9.59 Å². The summed E-state index contributed by atoms with van der Waals surface area (Å²) < 4.78 is 0. The summed E-state index contributed by atoms with van der Waals surface area (Å²) in [5.41, 5.74) is 1.62. The summed E-state index contributed by atoms with van der Waals surface area (Å²) in [6.07, 6.45) is 0.338. The molecule has 1 N–H and O–H groups in total. The van der Waals surface area contributed by atoms with Crippen LogP contribution in [0.4, 0.5) is 5.69 Å². The van der Waals surface area contributed by atoms with E-state index in [1.165, 1.54) is 0 Å². The number of piperazine rings is 1. The van der Waals surface area contributed by atoms with Crippen LogP contribution in [0.2, 0.25) is 5.02 Å². The molecular weight excluding hydrogens is 376 g/mol. The molecule has 6 nitrogen and oxygen atoms in total. The number of rotatable bonds is 5. The van der Waals surface area contributed by atoms with Gasteiger partial charge in [-0.1, -0.05) is 23.7 Å². The third kappa shape index (κ3) is 5.10. The lowest BCUT2D eigenvalue weighted by molar-refractivity contribution is -0.116. The number of hydrogen-bond donors (Lipinski definition) is 1. The number of para-hydroxylation sites is 1. The smallest absolute Gasteiger partial charge is 0.253 e. The maximum Gasteiger partial charge on any atom is 0.253 e. The minimum absolute atomic E-state index is 0.00201. The number of carbonyl (C=O) groups excluding carboxylic acids is 2. The van der Waals surface area contributed by atoms with Crippen molar-refractivity contribution in [2.24, 2.45) is 0 Å². The van der Waals surface area contributed by atoms with Crippen LogP contribution in [0.15, 0.2) is 48.5 Å². The molecule has 1 fully saturated rings. The van der Waals surface area contributed by atoms with Crippen molar-refractivity contribution in [1.29, 1.82) is 5.26 Å². The van der Waals surface area contributed by atoms with Gasteiger partial charge in [0.05, 0.1) is 11.3 Å². The number of benzene rings is 2. The number of carbonyl (C=O) groups is 2. The van der Waals surface area contributed by atoms with E-state index in [0.717, 1.165) is 13.1 Å². The highest BCUT2D eigenvalue weighted by Crippen LogP contribution is 2.15. The van der Waals surface area contributed by atoms with Gasteiger partial charge in [-0.25, -0.2) is 0 Å². The highest BCUT2D eigenvalue weighted by Gasteiger charge is 2.22. The first-order chi connectivity index (χ1) is 13.6. The molecule has 2 aromatic rings. The van der Waals surface area contributed by atoms with Crippen molar-refractivity contribution in [2.75, 3.05) is 38.0 Å². The van der Waals surface area contributed by atoms with Gasteiger partial charge in [0.25, 0.3) is 5.91 Å². The van der Waals surface area contributed by atoms with Crippen molar-refractivity contribution in [3.8, 4) is 6.07 Å². The molecule has 2 amide bonds. The normalized spacial score (nSPS) is 14.4. The van der Waals surface area contributed by atoms with Gasteiger partial charge in [-0.15, -0.1) is 0 Å². The van der Waals surface area contributed by atoms with E-state index in [-0.39, 0.29) is 11.8 Å². The van der Waals surface area contributed by atoms with E-state index in [2.05, 4.69) is 16.3 Å².